The van der Waals surface area contributed by atoms with Crippen molar-refractivity contribution in [3.05, 3.63) is 23.8 Å². The standard InChI is InChI=1S/C15H23NO/c1-5-17-14-10-11(2)6-7-13(14)16-12(3)15(4)8-9-15/h6-7,10,12,16H,5,8-9H2,1-4H3. The maximum absolute atomic E-state index is 5.69. The summed E-state index contributed by atoms with van der Waals surface area (Å²) in [6.07, 6.45) is 2.66. The first-order chi connectivity index (χ1) is 8.05. The molecule has 1 aromatic carbocycles. The van der Waals surface area contributed by atoms with Gasteiger partial charge in [-0.25, -0.2) is 0 Å². The highest BCUT2D eigenvalue weighted by Crippen LogP contribution is 2.49. The third-order valence-electron chi connectivity index (χ3n) is 3.89. The van der Waals surface area contributed by atoms with E-state index in [4.69, 9.17) is 4.74 Å². The van der Waals surface area contributed by atoms with Crippen molar-refractivity contribution in [2.75, 3.05) is 11.9 Å². The van der Waals surface area contributed by atoms with Gasteiger partial charge in [0.2, 0.25) is 0 Å². The van der Waals surface area contributed by atoms with E-state index in [-0.39, 0.29) is 0 Å². The van der Waals surface area contributed by atoms with Crippen molar-refractivity contribution in [3.63, 3.8) is 0 Å². The zero-order valence-corrected chi connectivity index (χ0v) is 11.3. The second-order valence-electron chi connectivity index (χ2n) is 5.45. The Morgan fingerprint density at radius 2 is 2.12 bits per heavy atom. The van der Waals surface area contributed by atoms with Crippen LogP contribution in [-0.2, 0) is 0 Å². The highest BCUT2D eigenvalue weighted by Gasteiger charge is 2.42. The molecule has 1 aliphatic carbocycles. The van der Waals surface area contributed by atoms with Crippen molar-refractivity contribution in [2.45, 2.75) is 46.6 Å². The molecule has 1 fully saturated rings. The minimum absolute atomic E-state index is 0.481. The SMILES string of the molecule is CCOc1cc(C)ccc1NC(C)C1(C)CC1. The maximum atomic E-state index is 5.69. The van der Waals surface area contributed by atoms with Crippen molar-refractivity contribution >= 4 is 5.69 Å². The number of ether oxygens (including phenoxy) is 1. The largest absolute Gasteiger partial charge is 0.492 e. The lowest BCUT2D eigenvalue weighted by Gasteiger charge is -2.23. The summed E-state index contributed by atoms with van der Waals surface area (Å²) >= 11 is 0. The van der Waals surface area contributed by atoms with Gasteiger partial charge in [0.15, 0.2) is 0 Å². The zero-order chi connectivity index (χ0) is 12.5. The van der Waals surface area contributed by atoms with Gasteiger partial charge in [0.05, 0.1) is 12.3 Å². The molecule has 1 atom stereocenters. The van der Waals surface area contributed by atoms with E-state index in [0.29, 0.717) is 18.1 Å². The smallest absolute Gasteiger partial charge is 0.142 e. The Labute approximate surface area is 104 Å². The molecule has 0 radical (unpaired) electrons. The molecule has 2 nitrogen and oxygen atoms in total. The molecule has 0 bridgehead atoms. The predicted molar refractivity (Wildman–Crippen MR) is 72.8 cm³/mol. The lowest BCUT2D eigenvalue weighted by molar-refractivity contribution is 0.340. The summed E-state index contributed by atoms with van der Waals surface area (Å²) in [5.41, 5.74) is 2.84. The quantitative estimate of drug-likeness (QED) is 0.830. The number of hydrogen-bond acceptors (Lipinski definition) is 2. The lowest BCUT2D eigenvalue weighted by Crippen LogP contribution is -2.25. The Balaban J connectivity index is 2.13. The van der Waals surface area contributed by atoms with Crippen LogP contribution in [0.2, 0.25) is 0 Å². The Bertz CT molecular complexity index is 396. The normalized spacial score (nSPS) is 18.6. The minimum atomic E-state index is 0.481. The van der Waals surface area contributed by atoms with E-state index in [1.165, 1.54) is 18.4 Å². The summed E-state index contributed by atoms with van der Waals surface area (Å²) in [6.45, 7) is 9.45. The van der Waals surface area contributed by atoms with E-state index >= 15 is 0 Å². The fourth-order valence-electron chi connectivity index (χ4n) is 2.06. The van der Waals surface area contributed by atoms with Crippen LogP contribution in [0.4, 0.5) is 5.69 Å². The van der Waals surface area contributed by atoms with E-state index in [0.717, 1.165) is 11.4 Å². The van der Waals surface area contributed by atoms with Crippen molar-refractivity contribution in [3.8, 4) is 5.75 Å². The molecule has 0 aliphatic heterocycles. The lowest BCUT2D eigenvalue weighted by atomic mass is 10.0. The second kappa shape index (κ2) is 4.59. The van der Waals surface area contributed by atoms with Crippen molar-refractivity contribution < 1.29 is 4.74 Å². The molecule has 2 rings (SSSR count). The zero-order valence-electron chi connectivity index (χ0n) is 11.3. The summed E-state index contributed by atoms with van der Waals surface area (Å²) in [7, 11) is 0. The summed E-state index contributed by atoms with van der Waals surface area (Å²) < 4.78 is 5.69. The molecule has 0 saturated heterocycles. The fraction of sp³-hybridized carbons (Fsp3) is 0.600. The van der Waals surface area contributed by atoms with Crippen molar-refractivity contribution in [1.82, 2.24) is 0 Å². The van der Waals surface area contributed by atoms with Gasteiger partial charge in [-0.05, 0) is 56.7 Å². The predicted octanol–water partition coefficient (Wildman–Crippen LogP) is 3.99. The average Bonchev–Trinajstić information content (AvgIpc) is 3.02. The third kappa shape index (κ3) is 2.74. The summed E-state index contributed by atoms with van der Waals surface area (Å²) in [4.78, 5) is 0. The maximum Gasteiger partial charge on any atom is 0.142 e. The molecular formula is C15H23NO. The van der Waals surface area contributed by atoms with Gasteiger partial charge >= 0.3 is 0 Å². The molecule has 1 saturated carbocycles. The van der Waals surface area contributed by atoms with E-state index in [1.54, 1.807) is 0 Å². The van der Waals surface area contributed by atoms with Crippen LogP contribution in [0, 0.1) is 12.3 Å². The Morgan fingerprint density at radius 1 is 1.41 bits per heavy atom. The van der Waals surface area contributed by atoms with Crippen LogP contribution in [0.1, 0.15) is 39.2 Å². The molecule has 1 N–H and O–H groups in total. The van der Waals surface area contributed by atoms with Crippen LogP contribution in [0.3, 0.4) is 0 Å². The second-order valence-corrected chi connectivity index (χ2v) is 5.45. The highest BCUT2D eigenvalue weighted by atomic mass is 16.5. The minimum Gasteiger partial charge on any atom is -0.492 e. The van der Waals surface area contributed by atoms with Crippen molar-refractivity contribution in [1.29, 1.82) is 0 Å². The van der Waals surface area contributed by atoms with Gasteiger partial charge in [-0.3, -0.25) is 0 Å². The number of anilines is 1. The average molecular weight is 233 g/mol. The van der Waals surface area contributed by atoms with Gasteiger partial charge in [-0.2, -0.15) is 0 Å². The van der Waals surface area contributed by atoms with E-state index < -0.39 is 0 Å². The van der Waals surface area contributed by atoms with Gasteiger partial charge < -0.3 is 10.1 Å². The summed E-state index contributed by atoms with van der Waals surface area (Å²) in [6, 6.07) is 6.87. The van der Waals surface area contributed by atoms with Crippen LogP contribution in [0.15, 0.2) is 18.2 Å². The molecule has 1 unspecified atom stereocenters. The topological polar surface area (TPSA) is 21.3 Å². The van der Waals surface area contributed by atoms with E-state index in [2.05, 4.69) is 44.3 Å². The molecule has 1 aliphatic rings. The van der Waals surface area contributed by atoms with Gasteiger partial charge in [-0.15, -0.1) is 0 Å². The molecule has 1 aromatic rings. The summed E-state index contributed by atoms with van der Waals surface area (Å²) in [5, 5.41) is 3.60. The summed E-state index contributed by atoms with van der Waals surface area (Å²) in [5.74, 6) is 0.976. The Hall–Kier alpha value is -1.18. The monoisotopic (exact) mass is 233 g/mol. The third-order valence-corrected chi connectivity index (χ3v) is 3.89. The molecule has 2 heteroatoms. The highest BCUT2D eigenvalue weighted by molar-refractivity contribution is 5.58. The first-order valence-corrected chi connectivity index (χ1v) is 6.55. The molecule has 0 spiro atoms. The van der Waals surface area contributed by atoms with Gasteiger partial charge in [-0.1, -0.05) is 13.0 Å². The number of rotatable bonds is 5. The van der Waals surface area contributed by atoms with Crippen molar-refractivity contribution in [2.24, 2.45) is 5.41 Å². The van der Waals surface area contributed by atoms with Crippen LogP contribution in [0.25, 0.3) is 0 Å². The molecule has 0 aromatic heterocycles. The molecular weight excluding hydrogens is 210 g/mol. The number of nitrogens with one attached hydrogen (secondary N) is 1. The Morgan fingerprint density at radius 3 is 2.71 bits per heavy atom. The molecule has 0 amide bonds. The fourth-order valence-corrected chi connectivity index (χ4v) is 2.06. The van der Waals surface area contributed by atoms with Crippen LogP contribution in [0.5, 0.6) is 5.75 Å². The number of hydrogen-bond donors (Lipinski definition) is 1. The van der Waals surface area contributed by atoms with Gasteiger partial charge in [0.25, 0.3) is 0 Å². The van der Waals surface area contributed by atoms with Crippen LogP contribution in [-0.4, -0.2) is 12.6 Å². The van der Waals surface area contributed by atoms with Crippen LogP contribution < -0.4 is 10.1 Å². The van der Waals surface area contributed by atoms with E-state index in [1.807, 2.05) is 6.92 Å². The van der Waals surface area contributed by atoms with Crippen LogP contribution >= 0.6 is 0 Å². The Kier molecular flexibility index (Phi) is 3.32. The number of aryl methyl sites for hydroxylation is 1. The molecule has 94 valence electrons. The molecule has 0 heterocycles. The first kappa shape index (κ1) is 12.3. The first-order valence-electron chi connectivity index (χ1n) is 6.55. The van der Waals surface area contributed by atoms with E-state index in [9.17, 15) is 0 Å². The van der Waals surface area contributed by atoms with Gasteiger partial charge in [0, 0.05) is 6.04 Å². The van der Waals surface area contributed by atoms with Gasteiger partial charge in [0.1, 0.15) is 5.75 Å². The molecule has 17 heavy (non-hydrogen) atoms. The number of benzene rings is 1.